The molecule has 0 saturated carbocycles. The van der Waals surface area contributed by atoms with Crippen molar-refractivity contribution in [2.24, 2.45) is 0 Å². The predicted molar refractivity (Wildman–Crippen MR) is 66.6 cm³/mol. The Balaban J connectivity index is 1.73. The Hall–Kier alpha value is -0.120. The highest BCUT2D eigenvalue weighted by molar-refractivity contribution is 4.81. The highest BCUT2D eigenvalue weighted by Gasteiger charge is 2.25. The molecule has 16 heavy (non-hydrogen) atoms. The van der Waals surface area contributed by atoms with Crippen molar-refractivity contribution < 1.29 is 5.11 Å². The SMILES string of the molecule is CN1CCCCC1CCN1CCCC1CO. The topological polar surface area (TPSA) is 26.7 Å². The zero-order valence-corrected chi connectivity index (χ0v) is 10.6. The lowest BCUT2D eigenvalue weighted by Crippen LogP contribution is -2.40. The van der Waals surface area contributed by atoms with Crippen molar-refractivity contribution in [3.8, 4) is 0 Å². The van der Waals surface area contributed by atoms with E-state index in [1.54, 1.807) is 0 Å². The molecule has 94 valence electrons. The van der Waals surface area contributed by atoms with Gasteiger partial charge in [-0.3, -0.25) is 4.90 Å². The summed E-state index contributed by atoms with van der Waals surface area (Å²) in [4.78, 5) is 5.01. The number of rotatable bonds is 4. The standard InChI is InChI=1S/C13H26N2O/c1-14-8-3-2-5-12(14)7-10-15-9-4-6-13(15)11-16/h12-13,16H,2-11H2,1H3. The van der Waals surface area contributed by atoms with Crippen molar-refractivity contribution in [3.05, 3.63) is 0 Å². The van der Waals surface area contributed by atoms with Gasteiger partial charge in [0.15, 0.2) is 0 Å². The van der Waals surface area contributed by atoms with Crippen molar-refractivity contribution in [2.45, 2.75) is 50.6 Å². The van der Waals surface area contributed by atoms with E-state index in [1.165, 1.54) is 58.2 Å². The molecule has 2 rings (SSSR count). The molecule has 1 N–H and O–H groups in total. The zero-order valence-electron chi connectivity index (χ0n) is 10.6. The van der Waals surface area contributed by atoms with Crippen LogP contribution in [0.2, 0.25) is 0 Å². The molecule has 2 aliphatic heterocycles. The molecule has 2 fully saturated rings. The van der Waals surface area contributed by atoms with Crippen LogP contribution in [0.5, 0.6) is 0 Å². The molecular formula is C13H26N2O. The number of nitrogens with zero attached hydrogens (tertiary/aromatic N) is 2. The summed E-state index contributed by atoms with van der Waals surface area (Å²) in [6, 6.07) is 1.24. The number of aliphatic hydroxyl groups excluding tert-OH is 1. The number of likely N-dealkylation sites (tertiary alicyclic amines) is 2. The fourth-order valence-corrected chi connectivity index (χ4v) is 3.22. The zero-order chi connectivity index (χ0) is 11.4. The number of aliphatic hydroxyl groups is 1. The van der Waals surface area contributed by atoms with Crippen molar-refractivity contribution in [3.63, 3.8) is 0 Å². The molecule has 3 nitrogen and oxygen atoms in total. The molecule has 0 aromatic heterocycles. The van der Waals surface area contributed by atoms with Crippen LogP contribution in [0.25, 0.3) is 0 Å². The molecule has 2 atom stereocenters. The molecule has 2 heterocycles. The molecule has 0 spiro atoms. The fraction of sp³-hybridized carbons (Fsp3) is 1.00. The van der Waals surface area contributed by atoms with Gasteiger partial charge in [0.25, 0.3) is 0 Å². The maximum atomic E-state index is 9.27. The summed E-state index contributed by atoms with van der Waals surface area (Å²) in [6.07, 6.45) is 7.89. The lowest BCUT2D eigenvalue weighted by Gasteiger charge is -2.34. The first kappa shape index (κ1) is 12.3. The minimum absolute atomic E-state index is 0.348. The molecule has 3 heteroatoms. The van der Waals surface area contributed by atoms with Gasteiger partial charge in [-0.15, -0.1) is 0 Å². The molecule has 0 aromatic rings. The third kappa shape index (κ3) is 2.96. The molecule has 0 aliphatic carbocycles. The molecule has 2 saturated heterocycles. The van der Waals surface area contributed by atoms with Gasteiger partial charge in [0.2, 0.25) is 0 Å². The summed E-state index contributed by atoms with van der Waals surface area (Å²) in [7, 11) is 2.26. The van der Waals surface area contributed by atoms with E-state index < -0.39 is 0 Å². The number of hydrogen-bond donors (Lipinski definition) is 1. The summed E-state index contributed by atoms with van der Waals surface area (Å²) in [5.74, 6) is 0. The summed E-state index contributed by atoms with van der Waals surface area (Å²) >= 11 is 0. The molecule has 0 aromatic carbocycles. The highest BCUT2D eigenvalue weighted by atomic mass is 16.3. The second-order valence-electron chi connectivity index (χ2n) is 5.43. The first-order valence-electron chi connectivity index (χ1n) is 6.86. The van der Waals surface area contributed by atoms with Crippen molar-refractivity contribution in [2.75, 3.05) is 33.3 Å². The minimum Gasteiger partial charge on any atom is -0.395 e. The normalized spacial score (nSPS) is 33.4. The van der Waals surface area contributed by atoms with Crippen LogP contribution in [-0.2, 0) is 0 Å². The van der Waals surface area contributed by atoms with Crippen LogP contribution in [-0.4, -0.2) is 60.3 Å². The van der Waals surface area contributed by atoms with Crippen LogP contribution >= 0.6 is 0 Å². The van der Waals surface area contributed by atoms with Crippen molar-refractivity contribution >= 4 is 0 Å². The van der Waals surface area contributed by atoms with E-state index in [1.807, 2.05) is 0 Å². The summed E-state index contributed by atoms with van der Waals surface area (Å²) < 4.78 is 0. The predicted octanol–water partition coefficient (Wildman–Crippen LogP) is 1.32. The quantitative estimate of drug-likeness (QED) is 0.783. The van der Waals surface area contributed by atoms with Crippen LogP contribution in [0.4, 0.5) is 0 Å². The van der Waals surface area contributed by atoms with Gasteiger partial charge in [0, 0.05) is 18.6 Å². The lowest BCUT2D eigenvalue weighted by molar-refractivity contribution is 0.126. The number of hydrogen-bond acceptors (Lipinski definition) is 3. The van der Waals surface area contributed by atoms with Gasteiger partial charge >= 0.3 is 0 Å². The van der Waals surface area contributed by atoms with Gasteiger partial charge in [-0.05, 0) is 52.2 Å². The maximum Gasteiger partial charge on any atom is 0.0586 e. The van der Waals surface area contributed by atoms with E-state index in [4.69, 9.17) is 0 Å². The van der Waals surface area contributed by atoms with Crippen LogP contribution in [0.1, 0.15) is 38.5 Å². The van der Waals surface area contributed by atoms with E-state index >= 15 is 0 Å². The van der Waals surface area contributed by atoms with E-state index in [-0.39, 0.29) is 0 Å². The summed E-state index contributed by atoms with van der Waals surface area (Å²) in [5, 5.41) is 9.27. The molecule has 0 radical (unpaired) electrons. The van der Waals surface area contributed by atoms with Gasteiger partial charge in [0.1, 0.15) is 0 Å². The molecule has 2 aliphatic rings. The minimum atomic E-state index is 0.348. The number of piperidine rings is 1. The largest absolute Gasteiger partial charge is 0.395 e. The van der Waals surface area contributed by atoms with E-state index in [9.17, 15) is 5.11 Å². The van der Waals surface area contributed by atoms with Gasteiger partial charge in [-0.2, -0.15) is 0 Å². The highest BCUT2D eigenvalue weighted by Crippen LogP contribution is 2.21. The van der Waals surface area contributed by atoms with Gasteiger partial charge < -0.3 is 10.0 Å². The Bertz CT molecular complexity index is 208. The third-order valence-electron chi connectivity index (χ3n) is 4.38. The Morgan fingerprint density at radius 1 is 1.06 bits per heavy atom. The molecule has 0 amide bonds. The van der Waals surface area contributed by atoms with E-state index in [0.717, 1.165) is 6.04 Å². The Morgan fingerprint density at radius 2 is 1.88 bits per heavy atom. The second-order valence-corrected chi connectivity index (χ2v) is 5.43. The monoisotopic (exact) mass is 226 g/mol. The van der Waals surface area contributed by atoms with E-state index in [2.05, 4.69) is 16.8 Å². The van der Waals surface area contributed by atoms with Gasteiger partial charge in [-0.25, -0.2) is 0 Å². The average Bonchev–Trinajstić information content (AvgIpc) is 2.75. The smallest absolute Gasteiger partial charge is 0.0586 e. The Morgan fingerprint density at radius 3 is 2.62 bits per heavy atom. The lowest BCUT2D eigenvalue weighted by atomic mass is 10.00. The van der Waals surface area contributed by atoms with Crippen LogP contribution < -0.4 is 0 Å². The van der Waals surface area contributed by atoms with Crippen molar-refractivity contribution in [1.29, 1.82) is 0 Å². The summed E-state index contributed by atoms with van der Waals surface area (Å²) in [5.41, 5.74) is 0. The van der Waals surface area contributed by atoms with Crippen LogP contribution in [0, 0.1) is 0 Å². The third-order valence-corrected chi connectivity index (χ3v) is 4.38. The van der Waals surface area contributed by atoms with E-state index in [0.29, 0.717) is 12.6 Å². The van der Waals surface area contributed by atoms with Crippen LogP contribution in [0.15, 0.2) is 0 Å². The first-order valence-corrected chi connectivity index (χ1v) is 6.86. The van der Waals surface area contributed by atoms with Crippen molar-refractivity contribution in [1.82, 2.24) is 9.80 Å². The summed E-state index contributed by atoms with van der Waals surface area (Å²) in [6.45, 7) is 4.00. The molecular weight excluding hydrogens is 200 g/mol. The maximum absolute atomic E-state index is 9.27. The van der Waals surface area contributed by atoms with Crippen LogP contribution in [0.3, 0.4) is 0 Å². The fourth-order valence-electron chi connectivity index (χ4n) is 3.22. The van der Waals surface area contributed by atoms with Gasteiger partial charge in [-0.1, -0.05) is 6.42 Å². The van der Waals surface area contributed by atoms with Gasteiger partial charge in [0.05, 0.1) is 6.61 Å². The first-order chi connectivity index (χ1) is 7.81. The molecule has 2 unspecified atom stereocenters. The Kier molecular flexibility index (Phi) is 4.62. The Labute approximate surface area is 99.4 Å². The average molecular weight is 226 g/mol. The molecule has 0 bridgehead atoms. The second kappa shape index (κ2) is 5.99.